The van der Waals surface area contributed by atoms with E-state index in [-0.39, 0.29) is 11.9 Å². The highest BCUT2D eigenvalue weighted by Crippen LogP contribution is 2.27. The van der Waals surface area contributed by atoms with Crippen LogP contribution in [0.5, 0.6) is 5.75 Å². The summed E-state index contributed by atoms with van der Waals surface area (Å²) >= 11 is 0. The van der Waals surface area contributed by atoms with E-state index < -0.39 is 16.1 Å². The lowest BCUT2D eigenvalue weighted by molar-refractivity contribution is -0.125. The van der Waals surface area contributed by atoms with E-state index in [1.54, 1.807) is 31.4 Å². The lowest BCUT2D eigenvalue weighted by Gasteiger charge is -2.29. The second-order valence-electron chi connectivity index (χ2n) is 7.56. The molecule has 0 radical (unpaired) electrons. The third kappa shape index (κ3) is 6.30. The van der Waals surface area contributed by atoms with Gasteiger partial charge in [-0.25, -0.2) is 8.42 Å². The largest absolute Gasteiger partial charge is 0.497 e. The minimum Gasteiger partial charge on any atom is -0.497 e. The zero-order chi connectivity index (χ0) is 21.6. The van der Waals surface area contributed by atoms with E-state index in [2.05, 4.69) is 19.2 Å². The first-order valence-electron chi connectivity index (χ1n) is 9.55. The van der Waals surface area contributed by atoms with E-state index in [1.165, 1.54) is 7.05 Å². The van der Waals surface area contributed by atoms with E-state index in [9.17, 15) is 13.2 Å². The minimum atomic E-state index is -3.57. The summed E-state index contributed by atoms with van der Waals surface area (Å²) < 4.78 is 30.7. The number of likely N-dealkylation sites (N-methyl/N-ethyl adjacent to an activating group) is 1. The van der Waals surface area contributed by atoms with Gasteiger partial charge >= 0.3 is 0 Å². The van der Waals surface area contributed by atoms with Gasteiger partial charge in [0.2, 0.25) is 15.9 Å². The molecule has 0 fully saturated rings. The van der Waals surface area contributed by atoms with Crippen LogP contribution >= 0.6 is 0 Å². The van der Waals surface area contributed by atoms with Gasteiger partial charge in [-0.15, -0.1) is 0 Å². The molecule has 0 bridgehead atoms. The molecule has 6 nitrogen and oxygen atoms in total. The molecule has 0 heterocycles. The summed E-state index contributed by atoms with van der Waals surface area (Å²) in [5.41, 5.74) is 1.57. The molecule has 2 aromatic rings. The van der Waals surface area contributed by atoms with Crippen molar-refractivity contribution in [3.05, 3.63) is 65.7 Å². The molecule has 0 saturated heterocycles. The van der Waals surface area contributed by atoms with Crippen LogP contribution in [0.25, 0.3) is 0 Å². The van der Waals surface area contributed by atoms with Crippen molar-refractivity contribution in [1.29, 1.82) is 0 Å². The van der Waals surface area contributed by atoms with Crippen molar-refractivity contribution >= 4 is 15.9 Å². The molecule has 0 aliphatic rings. The summed E-state index contributed by atoms with van der Waals surface area (Å²) in [7, 11) is -0.539. The molecular weight excluding hydrogens is 388 g/mol. The van der Waals surface area contributed by atoms with Crippen LogP contribution in [0.2, 0.25) is 0 Å². The predicted octanol–water partition coefficient (Wildman–Crippen LogP) is 3.53. The van der Waals surface area contributed by atoms with E-state index >= 15 is 0 Å². The van der Waals surface area contributed by atoms with E-state index in [4.69, 9.17) is 4.74 Å². The SMILES string of the molecule is COc1ccc([C@H](CC(C)C)NC(=O)[C@@H](c2ccccc2)N(C)S(C)(=O)=O)cc1. The van der Waals surface area contributed by atoms with Crippen LogP contribution in [-0.4, -0.2) is 39.0 Å². The topological polar surface area (TPSA) is 75.7 Å². The van der Waals surface area contributed by atoms with Gasteiger partial charge in [-0.2, -0.15) is 4.31 Å². The number of hydrogen-bond donors (Lipinski definition) is 1. The predicted molar refractivity (Wildman–Crippen MR) is 115 cm³/mol. The summed E-state index contributed by atoms with van der Waals surface area (Å²) in [5, 5.41) is 3.07. The molecule has 0 unspecified atom stereocenters. The molecule has 2 rings (SSSR count). The van der Waals surface area contributed by atoms with Crippen molar-refractivity contribution in [1.82, 2.24) is 9.62 Å². The number of carbonyl (C=O) groups is 1. The first-order valence-corrected chi connectivity index (χ1v) is 11.4. The van der Waals surface area contributed by atoms with Gasteiger partial charge < -0.3 is 10.1 Å². The number of hydrogen-bond acceptors (Lipinski definition) is 4. The first kappa shape index (κ1) is 22.9. The Labute approximate surface area is 173 Å². The fourth-order valence-corrected chi connectivity index (χ4v) is 3.79. The number of benzene rings is 2. The van der Waals surface area contributed by atoms with Gasteiger partial charge in [0.15, 0.2) is 0 Å². The summed E-state index contributed by atoms with van der Waals surface area (Å²) in [5.74, 6) is 0.721. The molecule has 158 valence electrons. The Morgan fingerprint density at radius 2 is 1.62 bits per heavy atom. The average molecular weight is 419 g/mol. The lowest BCUT2D eigenvalue weighted by Crippen LogP contribution is -2.42. The normalized spacial score (nSPS) is 13.9. The molecule has 2 aromatic carbocycles. The minimum absolute atomic E-state index is 0.243. The van der Waals surface area contributed by atoms with Gasteiger partial charge in [0.1, 0.15) is 11.8 Å². The summed E-state index contributed by atoms with van der Waals surface area (Å²) in [6, 6.07) is 15.3. The van der Waals surface area contributed by atoms with Crippen molar-refractivity contribution in [2.45, 2.75) is 32.4 Å². The number of ether oxygens (including phenoxy) is 1. The van der Waals surface area contributed by atoms with Crippen LogP contribution < -0.4 is 10.1 Å². The summed E-state index contributed by atoms with van der Waals surface area (Å²) in [6.45, 7) is 4.17. The number of amides is 1. The second-order valence-corrected chi connectivity index (χ2v) is 9.60. The number of nitrogens with zero attached hydrogens (tertiary/aromatic N) is 1. The van der Waals surface area contributed by atoms with Gasteiger partial charge in [0.25, 0.3) is 0 Å². The third-order valence-electron chi connectivity index (χ3n) is 4.79. The number of nitrogens with one attached hydrogen (secondary N) is 1. The maximum Gasteiger partial charge on any atom is 0.243 e. The van der Waals surface area contributed by atoms with Crippen molar-refractivity contribution in [2.75, 3.05) is 20.4 Å². The number of rotatable bonds is 9. The van der Waals surface area contributed by atoms with Crippen LogP contribution in [0.3, 0.4) is 0 Å². The van der Waals surface area contributed by atoms with Crippen molar-refractivity contribution in [3.8, 4) is 5.75 Å². The Kier molecular flexibility index (Phi) is 7.81. The molecule has 7 heteroatoms. The zero-order valence-electron chi connectivity index (χ0n) is 17.6. The Bertz CT molecular complexity index is 896. The maximum absolute atomic E-state index is 13.3. The molecule has 1 N–H and O–H groups in total. The Balaban J connectivity index is 2.36. The highest BCUT2D eigenvalue weighted by Gasteiger charge is 2.32. The molecule has 0 saturated carbocycles. The quantitative estimate of drug-likeness (QED) is 0.676. The van der Waals surface area contributed by atoms with Crippen LogP contribution in [-0.2, 0) is 14.8 Å². The van der Waals surface area contributed by atoms with Crippen molar-refractivity contribution < 1.29 is 17.9 Å². The molecule has 0 aliphatic heterocycles. The number of carbonyl (C=O) groups excluding carboxylic acids is 1. The smallest absolute Gasteiger partial charge is 0.243 e. The lowest BCUT2D eigenvalue weighted by atomic mass is 9.96. The highest BCUT2D eigenvalue weighted by molar-refractivity contribution is 7.88. The first-order chi connectivity index (χ1) is 13.6. The molecule has 1 amide bonds. The fourth-order valence-electron chi connectivity index (χ4n) is 3.19. The Morgan fingerprint density at radius 3 is 2.10 bits per heavy atom. The molecular formula is C22H30N2O4S. The number of methoxy groups -OCH3 is 1. The Morgan fingerprint density at radius 1 is 1.03 bits per heavy atom. The average Bonchev–Trinajstić information content (AvgIpc) is 2.67. The second kappa shape index (κ2) is 9.89. The highest BCUT2D eigenvalue weighted by atomic mass is 32.2. The van der Waals surface area contributed by atoms with Gasteiger partial charge in [0.05, 0.1) is 19.4 Å². The number of sulfonamides is 1. The molecule has 0 aliphatic carbocycles. The molecule has 29 heavy (non-hydrogen) atoms. The van der Waals surface area contributed by atoms with E-state index in [0.717, 1.165) is 28.3 Å². The summed E-state index contributed by atoms with van der Waals surface area (Å²) in [4.78, 5) is 13.3. The van der Waals surface area contributed by atoms with Crippen LogP contribution in [0.4, 0.5) is 0 Å². The standard InChI is InChI=1S/C22H30N2O4S/c1-16(2)15-20(17-11-13-19(28-4)14-12-17)23-22(25)21(24(3)29(5,26)27)18-9-7-6-8-10-18/h6-14,16,20-21H,15H2,1-5H3,(H,23,25)/t20-,21+/m0/s1. The van der Waals surface area contributed by atoms with E-state index in [1.807, 2.05) is 30.3 Å². The molecule has 0 spiro atoms. The van der Waals surface area contributed by atoms with Crippen LogP contribution in [0, 0.1) is 5.92 Å². The molecule has 2 atom stereocenters. The summed E-state index contributed by atoms with van der Waals surface area (Å²) in [6.07, 6.45) is 1.83. The fraction of sp³-hybridized carbons (Fsp3) is 0.409. The van der Waals surface area contributed by atoms with Gasteiger partial charge in [-0.3, -0.25) is 4.79 Å². The zero-order valence-corrected chi connectivity index (χ0v) is 18.4. The van der Waals surface area contributed by atoms with E-state index in [0.29, 0.717) is 11.5 Å². The Hall–Kier alpha value is -2.38. The maximum atomic E-state index is 13.3. The van der Waals surface area contributed by atoms with Gasteiger partial charge in [0, 0.05) is 7.05 Å². The molecule has 0 aromatic heterocycles. The van der Waals surface area contributed by atoms with Crippen molar-refractivity contribution in [2.24, 2.45) is 5.92 Å². The van der Waals surface area contributed by atoms with Crippen molar-refractivity contribution in [3.63, 3.8) is 0 Å². The van der Waals surface area contributed by atoms with Gasteiger partial charge in [-0.05, 0) is 35.6 Å². The van der Waals surface area contributed by atoms with Crippen LogP contribution in [0.15, 0.2) is 54.6 Å². The third-order valence-corrected chi connectivity index (χ3v) is 6.05. The monoisotopic (exact) mass is 418 g/mol. The van der Waals surface area contributed by atoms with Crippen LogP contribution in [0.1, 0.15) is 43.5 Å². The van der Waals surface area contributed by atoms with Gasteiger partial charge in [-0.1, -0.05) is 56.3 Å².